The van der Waals surface area contributed by atoms with Gasteiger partial charge < -0.3 is 19.7 Å². The minimum Gasteiger partial charge on any atom is -0.490 e. The molecule has 0 bridgehead atoms. The fourth-order valence-electron chi connectivity index (χ4n) is 3.35. The third-order valence-electron chi connectivity index (χ3n) is 4.91. The standard InChI is InChI=1S/C22H29N3O4S/c1-3-28-18-8-7-17(16-19(18)29-4-2)21(26)23-9-10-24-11-13-25(14-12-24)22(27)20-6-5-15-30-20/h5-8,15-16H,3-4,9-14H2,1-2H3,(H,23,26). The van der Waals surface area contributed by atoms with Crippen LogP contribution >= 0.6 is 11.3 Å². The van der Waals surface area contributed by atoms with Crippen molar-refractivity contribution < 1.29 is 19.1 Å². The Hall–Kier alpha value is -2.58. The van der Waals surface area contributed by atoms with Crippen LogP contribution in [0.2, 0.25) is 0 Å². The summed E-state index contributed by atoms with van der Waals surface area (Å²) in [6.07, 6.45) is 0. The number of nitrogens with one attached hydrogen (secondary N) is 1. The van der Waals surface area contributed by atoms with Gasteiger partial charge >= 0.3 is 0 Å². The molecule has 162 valence electrons. The average Bonchev–Trinajstić information content (AvgIpc) is 3.30. The number of ether oxygens (including phenoxy) is 2. The fourth-order valence-corrected chi connectivity index (χ4v) is 4.04. The van der Waals surface area contributed by atoms with E-state index in [2.05, 4.69) is 10.2 Å². The van der Waals surface area contributed by atoms with E-state index < -0.39 is 0 Å². The lowest BCUT2D eigenvalue weighted by Gasteiger charge is -2.34. The molecule has 1 aliphatic rings. The lowest BCUT2D eigenvalue weighted by molar-refractivity contribution is 0.0642. The van der Waals surface area contributed by atoms with Gasteiger partial charge in [-0.05, 0) is 43.5 Å². The second-order valence-corrected chi connectivity index (χ2v) is 7.84. The van der Waals surface area contributed by atoms with Gasteiger partial charge in [0.05, 0.1) is 18.1 Å². The highest BCUT2D eigenvalue weighted by atomic mass is 32.1. The van der Waals surface area contributed by atoms with Gasteiger partial charge in [0.1, 0.15) is 0 Å². The Labute approximate surface area is 181 Å². The fraction of sp³-hybridized carbons (Fsp3) is 0.455. The predicted octanol–water partition coefficient (Wildman–Crippen LogP) is 2.73. The van der Waals surface area contributed by atoms with Crippen LogP contribution in [0.1, 0.15) is 33.9 Å². The molecular formula is C22H29N3O4S. The second kappa shape index (κ2) is 11.0. The molecule has 1 fully saturated rings. The summed E-state index contributed by atoms with van der Waals surface area (Å²) in [6.45, 7) is 9.20. The molecule has 0 spiro atoms. The highest BCUT2D eigenvalue weighted by molar-refractivity contribution is 7.12. The van der Waals surface area contributed by atoms with Gasteiger partial charge in [-0.1, -0.05) is 6.07 Å². The number of piperazine rings is 1. The number of amides is 2. The SMILES string of the molecule is CCOc1ccc(C(=O)NCCN2CCN(C(=O)c3cccs3)CC2)cc1OCC. The molecule has 2 heterocycles. The van der Waals surface area contributed by atoms with Crippen molar-refractivity contribution in [1.82, 2.24) is 15.1 Å². The Kier molecular flexibility index (Phi) is 8.10. The summed E-state index contributed by atoms with van der Waals surface area (Å²) in [6, 6.07) is 9.01. The van der Waals surface area contributed by atoms with E-state index in [1.165, 1.54) is 11.3 Å². The molecular weight excluding hydrogens is 402 g/mol. The largest absolute Gasteiger partial charge is 0.490 e. The van der Waals surface area contributed by atoms with Gasteiger partial charge in [0, 0.05) is 44.8 Å². The van der Waals surface area contributed by atoms with Crippen molar-refractivity contribution in [1.29, 1.82) is 0 Å². The Morgan fingerprint density at radius 1 is 1.03 bits per heavy atom. The monoisotopic (exact) mass is 431 g/mol. The minimum atomic E-state index is -0.134. The van der Waals surface area contributed by atoms with Gasteiger partial charge in [0.25, 0.3) is 11.8 Å². The van der Waals surface area contributed by atoms with Crippen molar-refractivity contribution in [2.75, 3.05) is 52.5 Å². The summed E-state index contributed by atoms with van der Waals surface area (Å²) in [7, 11) is 0. The Balaban J connectivity index is 1.44. The summed E-state index contributed by atoms with van der Waals surface area (Å²) in [5, 5.41) is 4.89. The van der Waals surface area contributed by atoms with Crippen LogP contribution < -0.4 is 14.8 Å². The molecule has 0 unspecified atom stereocenters. The molecule has 3 rings (SSSR count). The molecule has 2 aromatic rings. The van der Waals surface area contributed by atoms with Crippen LogP contribution in [-0.4, -0.2) is 74.1 Å². The maximum atomic E-state index is 12.5. The average molecular weight is 432 g/mol. The first-order valence-electron chi connectivity index (χ1n) is 10.3. The molecule has 0 saturated carbocycles. The van der Waals surface area contributed by atoms with E-state index in [1.807, 2.05) is 36.3 Å². The zero-order valence-electron chi connectivity index (χ0n) is 17.6. The van der Waals surface area contributed by atoms with Gasteiger partial charge in [-0.15, -0.1) is 11.3 Å². The first kappa shape index (κ1) is 22.1. The molecule has 1 N–H and O–H groups in total. The predicted molar refractivity (Wildman–Crippen MR) is 118 cm³/mol. The molecule has 30 heavy (non-hydrogen) atoms. The molecule has 0 aliphatic carbocycles. The van der Waals surface area contributed by atoms with Crippen LogP contribution in [0, 0.1) is 0 Å². The maximum Gasteiger partial charge on any atom is 0.264 e. The smallest absolute Gasteiger partial charge is 0.264 e. The zero-order valence-corrected chi connectivity index (χ0v) is 18.4. The number of benzene rings is 1. The maximum absolute atomic E-state index is 12.5. The van der Waals surface area contributed by atoms with Crippen LogP contribution in [0.25, 0.3) is 0 Å². The summed E-state index contributed by atoms with van der Waals surface area (Å²) in [4.78, 5) is 29.9. The number of rotatable bonds is 9. The number of hydrogen-bond donors (Lipinski definition) is 1. The quantitative estimate of drug-likeness (QED) is 0.661. The van der Waals surface area contributed by atoms with Crippen molar-refractivity contribution in [3.8, 4) is 11.5 Å². The molecule has 1 aromatic heterocycles. The highest BCUT2D eigenvalue weighted by Crippen LogP contribution is 2.28. The number of carbonyl (C=O) groups is 2. The summed E-state index contributed by atoms with van der Waals surface area (Å²) in [5.74, 6) is 1.20. The van der Waals surface area contributed by atoms with E-state index in [4.69, 9.17) is 9.47 Å². The Bertz CT molecular complexity index is 833. The molecule has 1 saturated heterocycles. The van der Waals surface area contributed by atoms with E-state index in [0.29, 0.717) is 49.9 Å². The van der Waals surface area contributed by atoms with E-state index in [-0.39, 0.29) is 11.8 Å². The molecule has 0 atom stereocenters. The minimum absolute atomic E-state index is 0.110. The van der Waals surface area contributed by atoms with E-state index in [9.17, 15) is 9.59 Å². The van der Waals surface area contributed by atoms with Crippen molar-refractivity contribution in [3.05, 3.63) is 46.2 Å². The van der Waals surface area contributed by atoms with E-state index >= 15 is 0 Å². The van der Waals surface area contributed by atoms with Crippen LogP contribution in [0.5, 0.6) is 11.5 Å². The first-order chi connectivity index (χ1) is 14.6. The van der Waals surface area contributed by atoms with E-state index in [0.717, 1.165) is 24.5 Å². The molecule has 1 aromatic carbocycles. The van der Waals surface area contributed by atoms with Gasteiger partial charge in [-0.2, -0.15) is 0 Å². The highest BCUT2D eigenvalue weighted by Gasteiger charge is 2.22. The lowest BCUT2D eigenvalue weighted by atomic mass is 10.2. The van der Waals surface area contributed by atoms with Crippen molar-refractivity contribution >= 4 is 23.2 Å². The van der Waals surface area contributed by atoms with Crippen molar-refractivity contribution in [2.24, 2.45) is 0 Å². The summed E-state index contributed by atoms with van der Waals surface area (Å²) >= 11 is 1.48. The van der Waals surface area contributed by atoms with Crippen LogP contribution in [-0.2, 0) is 0 Å². The van der Waals surface area contributed by atoms with Gasteiger partial charge in [0.15, 0.2) is 11.5 Å². The number of carbonyl (C=O) groups excluding carboxylic acids is 2. The number of hydrogen-bond acceptors (Lipinski definition) is 6. The normalized spacial score (nSPS) is 14.4. The van der Waals surface area contributed by atoms with Gasteiger partial charge in [-0.25, -0.2) is 0 Å². The van der Waals surface area contributed by atoms with Crippen LogP contribution in [0.15, 0.2) is 35.7 Å². The zero-order chi connectivity index (χ0) is 21.3. The van der Waals surface area contributed by atoms with Crippen LogP contribution in [0.4, 0.5) is 0 Å². The van der Waals surface area contributed by atoms with Gasteiger partial charge in [-0.3, -0.25) is 14.5 Å². The summed E-state index contributed by atoms with van der Waals surface area (Å²) < 4.78 is 11.1. The van der Waals surface area contributed by atoms with Crippen molar-refractivity contribution in [3.63, 3.8) is 0 Å². The third-order valence-corrected chi connectivity index (χ3v) is 5.77. The van der Waals surface area contributed by atoms with Crippen LogP contribution in [0.3, 0.4) is 0 Å². The van der Waals surface area contributed by atoms with Gasteiger partial charge in [0.2, 0.25) is 0 Å². The topological polar surface area (TPSA) is 71.1 Å². The number of thiophene rings is 1. The second-order valence-electron chi connectivity index (χ2n) is 6.89. The molecule has 0 radical (unpaired) electrons. The lowest BCUT2D eigenvalue weighted by Crippen LogP contribution is -2.50. The molecule has 1 aliphatic heterocycles. The molecule has 2 amide bonds. The number of nitrogens with zero attached hydrogens (tertiary/aromatic N) is 2. The van der Waals surface area contributed by atoms with Crippen molar-refractivity contribution in [2.45, 2.75) is 13.8 Å². The first-order valence-corrected chi connectivity index (χ1v) is 11.2. The summed E-state index contributed by atoms with van der Waals surface area (Å²) in [5.41, 5.74) is 0.549. The third kappa shape index (κ3) is 5.73. The molecule has 8 heteroatoms. The Morgan fingerprint density at radius 3 is 2.43 bits per heavy atom. The Morgan fingerprint density at radius 2 is 1.77 bits per heavy atom. The van der Waals surface area contributed by atoms with E-state index in [1.54, 1.807) is 18.2 Å². The molecule has 7 nitrogen and oxygen atoms in total.